The molecule has 0 aromatic carbocycles. The van der Waals surface area contributed by atoms with Crippen molar-refractivity contribution in [3.05, 3.63) is 71.4 Å². The third-order valence-electron chi connectivity index (χ3n) is 6.91. The summed E-state index contributed by atoms with van der Waals surface area (Å²) < 4.78 is 14.9. The van der Waals surface area contributed by atoms with Crippen LogP contribution in [0.15, 0.2) is 60.2 Å². The average molecular weight is 524 g/mol. The van der Waals surface area contributed by atoms with E-state index >= 15 is 0 Å². The molecule has 2 aliphatic rings. The Kier molecular flexibility index (Phi) is 7.68. The van der Waals surface area contributed by atoms with Gasteiger partial charge in [0.2, 0.25) is 0 Å². The van der Waals surface area contributed by atoms with E-state index in [9.17, 15) is 4.79 Å². The summed E-state index contributed by atoms with van der Waals surface area (Å²) in [6, 6.07) is 7.81. The highest BCUT2D eigenvalue weighted by Gasteiger charge is 2.20. The van der Waals surface area contributed by atoms with Crippen LogP contribution >= 0.6 is 12.4 Å². The summed E-state index contributed by atoms with van der Waals surface area (Å²) in [7, 11) is 0. The van der Waals surface area contributed by atoms with Crippen LogP contribution in [-0.4, -0.2) is 67.9 Å². The second-order valence-corrected chi connectivity index (χ2v) is 9.21. The Labute approximate surface area is 220 Å². The van der Waals surface area contributed by atoms with E-state index in [1.807, 2.05) is 27.5 Å². The number of nitrogens with zero attached hydrogens (tertiary/aromatic N) is 6. The molecule has 0 spiro atoms. The number of pyridine rings is 3. The second kappa shape index (κ2) is 11.3. The van der Waals surface area contributed by atoms with E-state index in [4.69, 9.17) is 9.47 Å². The van der Waals surface area contributed by atoms with Crippen molar-refractivity contribution in [1.29, 1.82) is 0 Å². The molecule has 6 rings (SSSR count). The zero-order valence-electron chi connectivity index (χ0n) is 20.5. The van der Waals surface area contributed by atoms with Gasteiger partial charge in [-0.1, -0.05) is 0 Å². The lowest BCUT2D eigenvalue weighted by molar-refractivity contribution is 0.170. The molecule has 4 aromatic rings. The zero-order chi connectivity index (χ0) is 24.3. The first-order chi connectivity index (χ1) is 17.7. The number of halogens is 1. The number of nitrogens with one attached hydrogen (secondary N) is 1. The van der Waals surface area contributed by atoms with Crippen LogP contribution in [-0.2, 0) is 13.1 Å². The number of piperidine rings is 1. The van der Waals surface area contributed by atoms with Gasteiger partial charge in [-0.2, -0.15) is 0 Å². The Morgan fingerprint density at radius 3 is 2.65 bits per heavy atom. The Hall–Kier alpha value is -3.47. The topological polar surface area (TPSA) is 99.3 Å². The van der Waals surface area contributed by atoms with Crippen LogP contribution in [0.4, 0.5) is 0 Å². The van der Waals surface area contributed by atoms with Crippen LogP contribution in [0.5, 0.6) is 11.5 Å². The summed E-state index contributed by atoms with van der Waals surface area (Å²) in [6.45, 7) is 5.29. The van der Waals surface area contributed by atoms with Crippen molar-refractivity contribution in [3.63, 3.8) is 0 Å². The molecular formula is C26H30ClN7O3. The standard InChI is InChI=1S/C26H29N7O3.ClH/c34-26-2-1-22-23(14-21(16-30-22)32-8-5-27-18-32)33(26)10-9-31-6-3-19(4-7-31)28-15-20-13-24-25(17-29-20)36-12-11-35-24;/h1-2,5,8,13-14,16-19,28H,3-4,6-7,9-12,15H2;1H. The molecule has 1 saturated heterocycles. The molecule has 0 unspecified atom stereocenters. The number of likely N-dealkylation sites (tertiary alicyclic amines) is 1. The van der Waals surface area contributed by atoms with Crippen LogP contribution in [0.25, 0.3) is 16.7 Å². The van der Waals surface area contributed by atoms with Gasteiger partial charge in [0.15, 0.2) is 11.5 Å². The molecule has 0 saturated carbocycles. The maximum absolute atomic E-state index is 12.7. The third-order valence-corrected chi connectivity index (χ3v) is 6.91. The minimum absolute atomic E-state index is 0. The SMILES string of the molecule is Cl.O=c1ccc2ncc(-n3ccnc3)cc2n1CCN1CCC(NCc2cc3c(cn2)OCCO3)CC1. The molecule has 0 atom stereocenters. The highest BCUT2D eigenvalue weighted by atomic mass is 35.5. The molecule has 6 heterocycles. The maximum atomic E-state index is 12.7. The summed E-state index contributed by atoms with van der Waals surface area (Å²) in [5.41, 5.74) is 3.50. The lowest BCUT2D eigenvalue weighted by atomic mass is 10.0. The zero-order valence-corrected chi connectivity index (χ0v) is 21.3. The Morgan fingerprint density at radius 2 is 1.84 bits per heavy atom. The van der Waals surface area contributed by atoms with Gasteiger partial charge in [0.05, 0.1) is 41.1 Å². The Morgan fingerprint density at radius 1 is 1.00 bits per heavy atom. The molecule has 194 valence electrons. The van der Waals surface area contributed by atoms with Crippen molar-refractivity contribution in [2.75, 3.05) is 32.8 Å². The molecule has 1 N–H and O–H groups in total. The quantitative estimate of drug-likeness (QED) is 0.394. The highest BCUT2D eigenvalue weighted by Crippen LogP contribution is 2.29. The van der Waals surface area contributed by atoms with E-state index in [-0.39, 0.29) is 18.0 Å². The third kappa shape index (κ3) is 5.61. The molecule has 0 bridgehead atoms. The maximum Gasteiger partial charge on any atom is 0.251 e. The fourth-order valence-electron chi connectivity index (χ4n) is 4.88. The predicted molar refractivity (Wildman–Crippen MR) is 142 cm³/mol. The van der Waals surface area contributed by atoms with Gasteiger partial charge in [-0.05, 0) is 38.1 Å². The molecule has 0 amide bonds. The molecule has 0 radical (unpaired) electrons. The van der Waals surface area contributed by atoms with Crippen molar-refractivity contribution in [1.82, 2.24) is 34.3 Å². The van der Waals surface area contributed by atoms with Gasteiger partial charge in [0.25, 0.3) is 5.56 Å². The van der Waals surface area contributed by atoms with Crippen molar-refractivity contribution in [3.8, 4) is 17.2 Å². The van der Waals surface area contributed by atoms with Crippen molar-refractivity contribution >= 4 is 23.4 Å². The molecule has 2 aliphatic heterocycles. The minimum atomic E-state index is -0.00411. The molecule has 1 fully saturated rings. The number of imidazole rings is 1. The summed E-state index contributed by atoms with van der Waals surface area (Å²) in [4.78, 5) is 28.3. The van der Waals surface area contributed by atoms with E-state index in [0.717, 1.165) is 66.4 Å². The summed E-state index contributed by atoms with van der Waals surface area (Å²) in [5, 5.41) is 3.64. The number of ether oxygens (including phenoxy) is 2. The first kappa shape index (κ1) is 25.2. The number of hydrogen-bond donors (Lipinski definition) is 1. The summed E-state index contributed by atoms with van der Waals surface area (Å²) >= 11 is 0. The summed E-state index contributed by atoms with van der Waals surface area (Å²) in [6.07, 6.45) is 11.0. The number of fused-ring (bicyclic) bond motifs is 2. The lowest BCUT2D eigenvalue weighted by Gasteiger charge is -2.32. The lowest BCUT2D eigenvalue weighted by Crippen LogP contribution is -2.43. The van der Waals surface area contributed by atoms with Crippen LogP contribution in [0.2, 0.25) is 0 Å². The normalized spacial score (nSPS) is 16.0. The first-order valence-electron chi connectivity index (χ1n) is 12.4. The largest absolute Gasteiger partial charge is 0.486 e. The monoisotopic (exact) mass is 523 g/mol. The van der Waals surface area contributed by atoms with Gasteiger partial charge in [-0.3, -0.25) is 14.8 Å². The van der Waals surface area contributed by atoms with Gasteiger partial charge < -0.3 is 28.8 Å². The number of rotatable bonds is 7. The van der Waals surface area contributed by atoms with Crippen LogP contribution in [0, 0.1) is 0 Å². The fraction of sp³-hybridized carbons (Fsp3) is 0.385. The molecule has 0 aliphatic carbocycles. The van der Waals surface area contributed by atoms with Crippen molar-refractivity contribution < 1.29 is 9.47 Å². The summed E-state index contributed by atoms with van der Waals surface area (Å²) in [5.74, 6) is 1.50. The Balaban J connectivity index is 0.00000280. The Bertz CT molecular complexity index is 1400. The van der Waals surface area contributed by atoms with Gasteiger partial charge >= 0.3 is 0 Å². The number of aromatic nitrogens is 5. The van der Waals surface area contributed by atoms with Crippen molar-refractivity contribution in [2.24, 2.45) is 0 Å². The van der Waals surface area contributed by atoms with Gasteiger partial charge in [0.1, 0.15) is 13.2 Å². The van der Waals surface area contributed by atoms with Crippen molar-refractivity contribution in [2.45, 2.75) is 32.0 Å². The van der Waals surface area contributed by atoms with Gasteiger partial charge in [-0.15, -0.1) is 12.4 Å². The minimum Gasteiger partial charge on any atom is -0.486 e. The smallest absolute Gasteiger partial charge is 0.251 e. The van der Waals surface area contributed by atoms with Gasteiger partial charge in [-0.25, -0.2) is 4.98 Å². The van der Waals surface area contributed by atoms with E-state index in [2.05, 4.69) is 25.2 Å². The van der Waals surface area contributed by atoms with E-state index in [1.165, 1.54) is 0 Å². The van der Waals surface area contributed by atoms with Gasteiger partial charge in [0, 0.05) is 50.2 Å². The molecule has 10 nitrogen and oxygen atoms in total. The fourth-order valence-corrected chi connectivity index (χ4v) is 4.88. The van der Waals surface area contributed by atoms with Crippen LogP contribution < -0.4 is 20.3 Å². The highest BCUT2D eigenvalue weighted by molar-refractivity contribution is 5.85. The van der Waals surface area contributed by atoms with Crippen LogP contribution in [0.3, 0.4) is 0 Å². The van der Waals surface area contributed by atoms with E-state index in [0.29, 0.717) is 32.3 Å². The molecule has 11 heteroatoms. The first-order valence-corrected chi connectivity index (χ1v) is 12.4. The van der Waals surface area contributed by atoms with Crippen LogP contribution in [0.1, 0.15) is 18.5 Å². The average Bonchev–Trinajstić information content (AvgIpc) is 3.47. The molecule has 4 aromatic heterocycles. The van der Waals surface area contributed by atoms with E-state index < -0.39 is 0 Å². The molecule has 37 heavy (non-hydrogen) atoms. The molecular weight excluding hydrogens is 494 g/mol. The van der Waals surface area contributed by atoms with E-state index in [1.54, 1.807) is 37.1 Å². The number of hydrogen-bond acceptors (Lipinski definition) is 8. The second-order valence-electron chi connectivity index (χ2n) is 9.21. The predicted octanol–water partition coefficient (Wildman–Crippen LogP) is 2.42.